The molecule has 0 radical (unpaired) electrons. The lowest BCUT2D eigenvalue weighted by Gasteiger charge is -2.06. The van der Waals surface area contributed by atoms with Crippen LogP contribution in [0.5, 0.6) is 0 Å². The van der Waals surface area contributed by atoms with Crippen molar-refractivity contribution in [2.24, 2.45) is 0 Å². The Labute approximate surface area is 152 Å². The van der Waals surface area contributed by atoms with Gasteiger partial charge in [-0.3, -0.25) is 0 Å². The smallest absolute Gasteiger partial charge is 0.145 e. The molecule has 4 heteroatoms. The maximum Gasteiger partial charge on any atom is 0.145 e. The Morgan fingerprint density at radius 2 is 1.85 bits per heavy atom. The molecule has 0 fully saturated rings. The van der Waals surface area contributed by atoms with E-state index < -0.39 is 0 Å². The molecule has 3 heterocycles. The van der Waals surface area contributed by atoms with E-state index >= 15 is 0 Å². The van der Waals surface area contributed by atoms with Gasteiger partial charge in [-0.1, -0.05) is 24.3 Å². The Bertz CT molecular complexity index is 1140. The molecule has 0 aliphatic heterocycles. The molecule has 0 atom stereocenters. The molecule has 5 rings (SSSR count). The van der Waals surface area contributed by atoms with Gasteiger partial charge < -0.3 is 4.40 Å². The summed E-state index contributed by atoms with van der Waals surface area (Å²) >= 11 is 0. The summed E-state index contributed by atoms with van der Waals surface area (Å²) < 4.78 is 2.20. The molecule has 0 amide bonds. The maximum absolute atomic E-state index is 4.96. The van der Waals surface area contributed by atoms with E-state index in [1.54, 1.807) is 0 Å². The molecule has 1 aromatic carbocycles. The lowest BCUT2D eigenvalue weighted by atomic mass is 10.1. The number of hydrogen-bond donors (Lipinski definition) is 0. The summed E-state index contributed by atoms with van der Waals surface area (Å²) in [6.45, 7) is 4.27. The van der Waals surface area contributed by atoms with Gasteiger partial charge in [-0.2, -0.15) is 0 Å². The third-order valence-electron chi connectivity index (χ3n) is 5.62. The molecule has 0 N–H and O–H groups in total. The summed E-state index contributed by atoms with van der Waals surface area (Å²) in [6, 6.07) is 10.6. The standard InChI is InChI=1S/C22H22N4/c1-14-17-8-5-9-20(17)24-21(23-14)11-10-19-15(2)26-13-12-16-6-3-4-7-18(16)22(26)25-19/h3-4,6-7,12-13H,5,8-11H2,1-2H3. The Balaban J connectivity index is 1.49. The predicted molar refractivity (Wildman–Crippen MR) is 104 cm³/mol. The van der Waals surface area contributed by atoms with Gasteiger partial charge in [0, 0.05) is 35.1 Å². The van der Waals surface area contributed by atoms with Crippen LogP contribution in [0.3, 0.4) is 0 Å². The summed E-state index contributed by atoms with van der Waals surface area (Å²) in [5, 5.41) is 2.43. The van der Waals surface area contributed by atoms with Gasteiger partial charge in [-0.05, 0) is 56.5 Å². The number of pyridine rings is 1. The Hall–Kier alpha value is -2.75. The quantitative estimate of drug-likeness (QED) is 0.561. The van der Waals surface area contributed by atoms with Crippen LogP contribution >= 0.6 is 0 Å². The average Bonchev–Trinajstić information content (AvgIpc) is 3.25. The maximum atomic E-state index is 4.96. The fourth-order valence-corrected chi connectivity index (χ4v) is 4.20. The van der Waals surface area contributed by atoms with Crippen molar-refractivity contribution in [1.29, 1.82) is 0 Å². The number of aromatic nitrogens is 4. The van der Waals surface area contributed by atoms with Gasteiger partial charge >= 0.3 is 0 Å². The molecule has 4 nitrogen and oxygen atoms in total. The summed E-state index contributed by atoms with van der Waals surface area (Å²) in [5.41, 5.74) is 7.21. The second kappa shape index (κ2) is 5.90. The van der Waals surface area contributed by atoms with Gasteiger partial charge in [0.05, 0.1) is 5.69 Å². The lowest BCUT2D eigenvalue weighted by molar-refractivity contribution is 0.807. The monoisotopic (exact) mass is 342 g/mol. The van der Waals surface area contributed by atoms with E-state index in [0.717, 1.165) is 42.8 Å². The number of fused-ring (bicyclic) bond motifs is 4. The van der Waals surface area contributed by atoms with Crippen molar-refractivity contribution >= 4 is 16.4 Å². The van der Waals surface area contributed by atoms with Crippen LogP contribution in [0.1, 0.15) is 40.6 Å². The first-order chi connectivity index (χ1) is 12.7. The number of nitrogens with zero attached hydrogens (tertiary/aromatic N) is 4. The normalized spacial score (nSPS) is 13.6. The summed E-state index contributed by atoms with van der Waals surface area (Å²) in [7, 11) is 0. The summed E-state index contributed by atoms with van der Waals surface area (Å²) in [5.74, 6) is 0.962. The van der Waals surface area contributed by atoms with Crippen molar-refractivity contribution in [3.63, 3.8) is 0 Å². The van der Waals surface area contributed by atoms with E-state index in [4.69, 9.17) is 15.0 Å². The zero-order chi connectivity index (χ0) is 17.7. The van der Waals surface area contributed by atoms with E-state index in [1.807, 2.05) is 0 Å². The second-order valence-corrected chi connectivity index (χ2v) is 7.24. The van der Waals surface area contributed by atoms with Crippen LogP contribution in [-0.2, 0) is 25.7 Å². The van der Waals surface area contributed by atoms with Crippen LogP contribution < -0.4 is 0 Å². The molecule has 0 bridgehead atoms. The van der Waals surface area contributed by atoms with Gasteiger partial charge in [0.25, 0.3) is 0 Å². The van der Waals surface area contributed by atoms with Gasteiger partial charge in [-0.25, -0.2) is 15.0 Å². The van der Waals surface area contributed by atoms with Gasteiger partial charge in [0.15, 0.2) is 0 Å². The third-order valence-corrected chi connectivity index (χ3v) is 5.62. The fraction of sp³-hybridized carbons (Fsp3) is 0.318. The predicted octanol–water partition coefficient (Wildman–Crippen LogP) is 4.17. The first-order valence-electron chi connectivity index (χ1n) is 9.41. The van der Waals surface area contributed by atoms with Crippen LogP contribution in [0.15, 0.2) is 36.5 Å². The highest BCUT2D eigenvalue weighted by Gasteiger charge is 2.17. The van der Waals surface area contributed by atoms with E-state index in [1.165, 1.54) is 39.8 Å². The summed E-state index contributed by atoms with van der Waals surface area (Å²) in [4.78, 5) is 14.5. The van der Waals surface area contributed by atoms with Crippen molar-refractivity contribution < 1.29 is 0 Å². The van der Waals surface area contributed by atoms with Crippen LogP contribution in [0, 0.1) is 13.8 Å². The molecule has 3 aromatic heterocycles. The largest absolute Gasteiger partial charge is 0.304 e. The van der Waals surface area contributed by atoms with Crippen molar-refractivity contribution in [2.45, 2.75) is 46.0 Å². The molecule has 130 valence electrons. The number of hydrogen-bond acceptors (Lipinski definition) is 3. The Morgan fingerprint density at radius 3 is 2.77 bits per heavy atom. The molecule has 1 aliphatic rings. The van der Waals surface area contributed by atoms with Gasteiger partial charge in [0.1, 0.15) is 11.5 Å². The number of benzene rings is 1. The molecule has 26 heavy (non-hydrogen) atoms. The van der Waals surface area contributed by atoms with Gasteiger partial charge in [0.2, 0.25) is 0 Å². The molecule has 0 saturated carbocycles. The lowest BCUT2D eigenvalue weighted by Crippen LogP contribution is -2.05. The first kappa shape index (κ1) is 15.5. The van der Waals surface area contributed by atoms with Crippen LogP contribution in [0.2, 0.25) is 0 Å². The minimum absolute atomic E-state index is 0.844. The van der Waals surface area contributed by atoms with Crippen molar-refractivity contribution in [3.05, 3.63) is 70.7 Å². The second-order valence-electron chi connectivity index (χ2n) is 7.24. The van der Waals surface area contributed by atoms with E-state index in [2.05, 4.69) is 54.8 Å². The Morgan fingerprint density at radius 1 is 0.962 bits per heavy atom. The zero-order valence-electron chi connectivity index (χ0n) is 15.3. The van der Waals surface area contributed by atoms with Crippen molar-refractivity contribution in [3.8, 4) is 0 Å². The first-order valence-corrected chi connectivity index (χ1v) is 9.41. The Kier molecular flexibility index (Phi) is 3.52. The topological polar surface area (TPSA) is 43.1 Å². The van der Waals surface area contributed by atoms with E-state index in [9.17, 15) is 0 Å². The highest BCUT2D eigenvalue weighted by atomic mass is 15.0. The van der Waals surface area contributed by atoms with Crippen LogP contribution in [0.25, 0.3) is 16.4 Å². The number of imidazole rings is 1. The molecule has 0 unspecified atom stereocenters. The van der Waals surface area contributed by atoms with E-state index in [0.29, 0.717) is 0 Å². The molecular weight excluding hydrogens is 320 g/mol. The molecule has 0 spiro atoms. The van der Waals surface area contributed by atoms with Crippen LogP contribution in [-0.4, -0.2) is 19.4 Å². The average molecular weight is 342 g/mol. The molecule has 4 aromatic rings. The molecule has 0 saturated heterocycles. The highest BCUT2D eigenvalue weighted by molar-refractivity contribution is 5.94. The summed E-state index contributed by atoms with van der Waals surface area (Å²) in [6.07, 6.45) is 7.30. The van der Waals surface area contributed by atoms with Crippen molar-refractivity contribution in [1.82, 2.24) is 19.4 Å². The third kappa shape index (κ3) is 2.40. The highest BCUT2D eigenvalue weighted by Crippen LogP contribution is 2.24. The minimum atomic E-state index is 0.844. The van der Waals surface area contributed by atoms with E-state index in [-0.39, 0.29) is 0 Å². The zero-order valence-corrected chi connectivity index (χ0v) is 15.3. The molecule has 1 aliphatic carbocycles. The SMILES string of the molecule is Cc1nc(CCc2nc3c4ccccc4ccn3c2C)nc2c1CCC2. The van der Waals surface area contributed by atoms with Crippen molar-refractivity contribution in [2.75, 3.05) is 0 Å². The molecular formula is C22H22N4. The van der Waals surface area contributed by atoms with Gasteiger partial charge in [-0.15, -0.1) is 0 Å². The fourth-order valence-electron chi connectivity index (χ4n) is 4.20. The number of rotatable bonds is 3. The van der Waals surface area contributed by atoms with Crippen LogP contribution in [0.4, 0.5) is 0 Å². The minimum Gasteiger partial charge on any atom is -0.304 e. The number of aryl methyl sites for hydroxylation is 5.